The minimum absolute atomic E-state index is 0.00431. The fourth-order valence-corrected chi connectivity index (χ4v) is 1.93. The van der Waals surface area contributed by atoms with Gasteiger partial charge in [-0.3, -0.25) is 0 Å². The Labute approximate surface area is 59.6 Å². The van der Waals surface area contributed by atoms with E-state index in [4.69, 9.17) is 9.84 Å². The average Bonchev–Trinajstić information content (AvgIpc) is 2.52. The number of hydrogen-bond acceptors (Lipinski definition) is 3. The fourth-order valence-electron chi connectivity index (χ4n) is 1.93. The van der Waals surface area contributed by atoms with Gasteiger partial charge in [0.1, 0.15) is 6.10 Å². The van der Waals surface area contributed by atoms with Crippen molar-refractivity contribution in [3.8, 4) is 0 Å². The first-order valence-electron chi connectivity index (χ1n) is 3.65. The van der Waals surface area contributed by atoms with Gasteiger partial charge in [-0.25, -0.2) is 0 Å². The molecule has 0 radical (unpaired) electrons. The summed E-state index contributed by atoms with van der Waals surface area (Å²) in [6.45, 7) is 2.08. The number of rotatable bonds is 1. The van der Waals surface area contributed by atoms with E-state index >= 15 is 0 Å². The lowest BCUT2D eigenvalue weighted by Gasteiger charge is -2.13. The first-order chi connectivity index (χ1) is 4.68. The van der Waals surface area contributed by atoms with Crippen LogP contribution in [0, 0.1) is 5.92 Å². The molecular weight excluding hydrogens is 132 g/mol. The van der Waals surface area contributed by atoms with Gasteiger partial charge in [-0.2, -0.15) is 0 Å². The molecular formula is C7H12O3. The molecule has 2 rings (SSSR count). The third-order valence-corrected chi connectivity index (χ3v) is 2.80. The fraction of sp³-hybridized carbons (Fsp3) is 1.00. The number of aliphatic hydroxyl groups is 2. The highest BCUT2D eigenvalue weighted by atomic mass is 16.6. The molecule has 1 heterocycles. The van der Waals surface area contributed by atoms with Crippen molar-refractivity contribution in [3.63, 3.8) is 0 Å². The molecule has 3 heteroatoms. The second-order valence-corrected chi connectivity index (χ2v) is 3.40. The molecule has 0 bridgehead atoms. The highest BCUT2D eigenvalue weighted by Crippen LogP contribution is 2.53. The topological polar surface area (TPSA) is 53.0 Å². The van der Waals surface area contributed by atoms with E-state index in [1.54, 1.807) is 0 Å². The van der Waals surface area contributed by atoms with Gasteiger partial charge in [0.15, 0.2) is 0 Å². The SMILES string of the molecule is C[C@@]12O[C@@H]1[C@@H](O)C[C@@H]2CO. The first kappa shape index (κ1) is 6.58. The van der Waals surface area contributed by atoms with Gasteiger partial charge in [0, 0.05) is 12.5 Å². The van der Waals surface area contributed by atoms with E-state index in [1.165, 1.54) is 0 Å². The zero-order valence-corrected chi connectivity index (χ0v) is 5.95. The van der Waals surface area contributed by atoms with Crippen LogP contribution in [0.1, 0.15) is 13.3 Å². The Bertz CT molecular complexity index is 159. The molecule has 0 unspecified atom stereocenters. The minimum Gasteiger partial charge on any atom is -0.396 e. The molecule has 0 spiro atoms. The van der Waals surface area contributed by atoms with Crippen LogP contribution in [0.4, 0.5) is 0 Å². The molecule has 1 saturated carbocycles. The van der Waals surface area contributed by atoms with Crippen LogP contribution in [0.5, 0.6) is 0 Å². The van der Waals surface area contributed by atoms with E-state index in [2.05, 4.69) is 0 Å². The van der Waals surface area contributed by atoms with E-state index in [0.717, 1.165) is 0 Å². The lowest BCUT2D eigenvalue weighted by Crippen LogP contribution is -2.20. The summed E-state index contributed by atoms with van der Waals surface area (Å²) < 4.78 is 5.25. The molecule has 1 aliphatic heterocycles. The van der Waals surface area contributed by atoms with E-state index < -0.39 is 0 Å². The Morgan fingerprint density at radius 1 is 1.70 bits per heavy atom. The Morgan fingerprint density at radius 3 is 2.60 bits per heavy atom. The minimum atomic E-state index is -0.345. The van der Waals surface area contributed by atoms with Crippen LogP contribution >= 0.6 is 0 Å². The summed E-state index contributed by atoms with van der Waals surface area (Å²) in [7, 11) is 0. The molecule has 1 saturated heterocycles. The monoisotopic (exact) mass is 144 g/mol. The van der Waals surface area contributed by atoms with Crippen molar-refractivity contribution in [2.45, 2.75) is 31.2 Å². The number of ether oxygens (including phenoxy) is 1. The Morgan fingerprint density at radius 2 is 2.40 bits per heavy atom. The van der Waals surface area contributed by atoms with Crippen LogP contribution < -0.4 is 0 Å². The molecule has 10 heavy (non-hydrogen) atoms. The highest BCUT2D eigenvalue weighted by Gasteiger charge is 2.65. The molecule has 2 N–H and O–H groups in total. The zero-order chi connectivity index (χ0) is 7.35. The molecule has 4 atom stereocenters. The standard InChI is InChI=1S/C7H12O3/c1-7-4(3-8)2-5(9)6(7)10-7/h4-6,8-9H,2-3H2,1H3/t4-,5+,6-,7+/m1/s1. The number of hydrogen-bond donors (Lipinski definition) is 2. The maximum absolute atomic E-state index is 9.27. The molecule has 0 aromatic heterocycles. The van der Waals surface area contributed by atoms with Gasteiger partial charge in [0.05, 0.1) is 11.7 Å². The third-order valence-electron chi connectivity index (χ3n) is 2.80. The van der Waals surface area contributed by atoms with Crippen molar-refractivity contribution in [1.82, 2.24) is 0 Å². The van der Waals surface area contributed by atoms with Crippen LogP contribution in [-0.2, 0) is 4.74 Å². The van der Waals surface area contributed by atoms with Gasteiger partial charge in [-0.15, -0.1) is 0 Å². The van der Waals surface area contributed by atoms with Crippen molar-refractivity contribution in [2.75, 3.05) is 6.61 Å². The van der Waals surface area contributed by atoms with Gasteiger partial charge in [-0.05, 0) is 13.3 Å². The van der Waals surface area contributed by atoms with Crippen molar-refractivity contribution < 1.29 is 14.9 Å². The van der Waals surface area contributed by atoms with Crippen molar-refractivity contribution in [3.05, 3.63) is 0 Å². The van der Waals surface area contributed by atoms with Gasteiger partial charge in [0.2, 0.25) is 0 Å². The predicted molar refractivity (Wildman–Crippen MR) is 34.5 cm³/mol. The Kier molecular flexibility index (Phi) is 1.14. The summed E-state index contributed by atoms with van der Waals surface area (Å²) in [4.78, 5) is 0. The van der Waals surface area contributed by atoms with Crippen molar-refractivity contribution >= 4 is 0 Å². The lowest BCUT2D eigenvalue weighted by atomic mass is 9.98. The molecule has 1 aliphatic carbocycles. The second kappa shape index (κ2) is 1.72. The zero-order valence-electron chi connectivity index (χ0n) is 5.95. The first-order valence-corrected chi connectivity index (χ1v) is 3.65. The molecule has 0 aromatic rings. The largest absolute Gasteiger partial charge is 0.396 e. The van der Waals surface area contributed by atoms with Gasteiger partial charge in [-0.1, -0.05) is 0 Å². The van der Waals surface area contributed by atoms with Crippen LogP contribution in [0.15, 0.2) is 0 Å². The maximum atomic E-state index is 9.27. The molecule has 0 aromatic carbocycles. The van der Waals surface area contributed by atoms with Crippen LogP contribution in [0.2, 0.25) is 0 Å². The quantitative estimate of drug-likeness (QED) is 0.488. The van der Waals surface area contributed by atoms with Gasteiger partial charge >= 0.3 is 0 Å². The van der Waals surface area contributed by atoms with Crippen molar-refractivity contribution in [2.24, 2.45) is 5.92 Å². The summed E-state index contributed by atoms with van der Waals surface area (Å²) in [5, 5.41) is 18.1. The van der Waals surface area contributed by atoms with E-state index in [9.17, 15) is 5.11 Å². The summed E-state index contributed by atoms with van der Waals surface area (Å²) in [6, 6.07) is 0. The molecule has 0 amide bonds. The summed E-state index contributed by atoms with van der Waals surface area (Å²) >= 11 is 0. The summed E-state index contributed by atoms with van der Waals surface area (Å²) in [6.07, 6.45) is 0.351. The van der Waals surface area contributed by atoms with E-state index in [0.29, 0.717) is 6.42 Å². The highest BCUT2D eigenvalue weighted by molar-refractivity contribution is 5.13. The van der Waals surface area contributed by atoms with Crippen LogP contribution in [0.3, 0.4) is 0 Å². The Hall–Kier alpha value is -0.120. The summed E-state index contributed by atoms with van der Waals surface area (Å²) in [5.41, 5.74) is -0.200. The molecule has 2 aliphatic rings. The molecule has 2 fully saturated rings. The third kappa shape index (κ3) is 0.603. The molecule has 3 nitrogen and oxygen atoms in total. The smallest absolute Gasteiger partial charge is 0.113 e. The maximum Gasteiger partial charge on any atom is 0.113 e. The average molecular weight is 144 g/mol. The number of fused-ring (bicyclic) bond motifs is 1. The Balaban J connectivity index is 2.12. The van der Waals surface area contributed by atoms with Gasteiger partial charge < -0.3 is 14.9 Å². The van der Waals surface area contributed by atoms with Crippen LogP contribution in [-0.4, -0.2) is 34.6 Å². The van der Waals surface area contributed by atoms with Gasteiger partial charge in [0.25, 0.3) is 0 Å². The van der Waals surface area contributed by atoms with Crippen LogP contribution in [0.25, 0.3) is 0 Å². The number of epoxide rings is 1. The lowest BCUT2D eigenvalue weighted by molar-refractivity contribution is 0.0634. The van der Waals surface area contributed by atoms with Crippen molar-refractivity contribution in [1.29, 1.82) is 0 Å². The normalized spacial score (nSPS) is 58.5. The summed E-state index contributed by atoms with van der Waals surface area (Å²) in [5.74, 6) is 0.146. The predicted octanol–water partition coefficient (Wildman–Crippen LogP) is -0.483. The van der Waals surface area contributed by atoms with E-state index in [1.807, 2.05) is 6.92 Å². The number of aliphatic hydroxyl groups excluding tert-OH is 2. The molecule has 58 valence electrons. The van der Waals surface area contributed by atoms with E-state index in [-0.39, 0.29) is 30.3 Å². The second-order valence-electron chi connectivity index (χ2n) is 3.40.